The van der Waals surface area contributed by atoms with Crippen LogP contribution in [0.4, 0.5) is 0 Å². The van der Waals surface area contributed by atoms with E-state index in [9.17, 15) is 0 Å². The van der Waals surface area contributed by atoms with Crippen LogP contribution in [0, 0.1) is 6.92 Å². The monoisotopic (exact) mass is 97.1 g/mol. The second-order valence-electron chi connectivity index (χ2n) is 1.49. The number of hydrogen-bond donors (Lipinski definition) is 2. The van der Waals surface area contributed by atoms with Crippen molar-refractivity contribution in [3.8, 4) is 5.75 Å². The molecule has 0 spiro atoms. The molecule has 0 aromatic carbocycles. The molecule has 0 radical (unpaired) electrons. The number of rotatable bonds is 0. The Bertz CT molecular complexity index is 140. The maximum Gasteiger partial charge on any atom is 0.135 e. The highest BCUT2D eigenvalue weighted by Gasteiger charge is 1.89. The molecule has 0 amide bonds. The quantitative estimate of drug-likeness (QED) is 0.498. The molecule has 0 saturated carbocycles. The van der Waals surface area contributed by atoms with Crippen molar-refractivity contribution < 1.29 is 5.11 Å². The van der Waals surface area contributed by atoms with Crippen molar-refractivity contribution >= 4 is 0 Å². The highest BCUT2D eigenvalue weighted by atomic mass is 16.3. The van der Waals surface area contributed by atoms with Crippen molar-refractivity contribution in [3.05, 3.63) is 18.0 Å². The van der Waals surface area contributed by atoms with Crippen LogP contribution in [0.2, 0.25) is 0 Å². The van der Waals surface area contributed by atoms with Crippen LogP contribution in [-0.2, 0) is 0 Å². The minimum absolute atomic E-state index is 0.333. The zero-order valence-corrected chi connectivity index (χ0v) is 4.10. The summed E-state index contributed by atoms with van der Waals surface area (Å²) in [5, 5.41) is 8.73. The van der Waals surface area contributed by atoms with E-state index < -0.39 is 0 Å². The number of H-pyrrole nitrogens is 1. The first kappa shape index (κ1) is 4.24. The van der Waals surface area contributed by atoms with Gasteiger partial charge in [-0.25, -0.2) is 0 Å². The van der Waals surface area contributed by atoms with Gasteiger partial charge in [0.15, 0.2) is 0 Å². The minimum Gasteiger partial charge on any atom is -0.506 e. The molecule has 0 aliphatic rings. The van der Waals surface area contributed by atoms with Crippen LogP contribution in [-0.4, -0.2) is 10.1 Å². The minimum atomic E-state index is 0.333. The van der Waals surface area contributed by atoms with E-state index >= 15 is 0 Å². The number of aromatic nitrogens is 1. The van der Waals surface area contributed by atoms with Crippen molar-refractivity contribution in [1.29, 1.82) is 0 Å². The van der Waals surface area contributed by atoms with E-state index in [0.29, 0.717) is 5.75 Å². The number of aromatic hydroxyl groups is 1. The van der Waals surface area contributed by atoms with Crippen molar-refractivity contribution in [3.63, 3.8) is 0 Å². The van der Waals surface area contributed by atoms with Gasteiger partial charge in [-0.05, 0) is 13.0 Å². The predicted octanol–water partition coefficient (Wildman–Crippen LogP) is 1.03. The molecule has 0 aliphatic carbocycles. The largest absolute Gasteiger partial charge is 0.506 e. The van der Waals surface area contributed by atoms with Gasteiger partial charge in [-0.2, -0.15) is 0 Å². The molecule has 0 fully saturated rings. The van der Waals surface area contributed by atoms with Gasteiger partial charge in [0.25, 0.3) is 0 Å². The Morgan fingerprint density at radius 1 is 1.71 bits per heavy atom. The molecule has 7 heavy (non-hydrogen) atoms. The van der Waals surface area contributed by atoms with E-state index in [2.05, 4.69) is 4.98 Å². The van der Waals surface area contributed by atoms with Gasteiger partial charge >= 0.3 is 0 Å². The lowest BCUT2D eigenvalue weighted by molar-refractivity contribution is 0.472. The van der Waals surface area contributed by atoms with Gasteiger partial charge in [0.05, 0.1) is 5.69 Å². The van der Waals surface area contributed by atoms with Crippen molar-refractivity contribution in [2.45, 2.75) is 6.92 Å². The third kappa shape index (κ3) is 0.585. The number of aryl methyl sites for hydroxylation is 1. The third-order valence-corrected chi connectivity index (χ3v) is 0.925. The van der Waals surface area contributed by atoms with Crippen LogP contribution in [0.3, 0.4) is 0 Å². The van der Waals surface area contributed by atoms with Gasteiger partial charge in [-0.1, -0.05) is 0 Å². The standard InChI is InChI=1S/C5H7NO/c1-4-5(7)2-3-6-4/h2-3,6-7H,1H3. The molecule has 0 aliphatic heterocycles. The first-order valence-electron chi connectivity index (χ1n) is 2.13. The summed E-state index contributed by atoms with van der Waals surface area (Å²) in [6, 6.07) is 1.62. The molecule has 0 saturated heterocycles. The molecule has 0 atom stereocenters. The Morgan fingerprint density at radius 2 is 2.43 bits per heavy atom. The fourth-order valence-electron chi connectivity index (χ4n) is 0.445. The summed E-state index contributed by atoms with van der Waals surface area (Å²) in [5.41, 5.74) is 0.819. The molecular formula is C5H7NO. The summed E-state index contributed by atoms with van der Waals surface area (Å²) in [6.07, 6.45) is 1.70. The summed E-state index contributed by atoms with van der Waals surface area (Å²) >= 11 is 0. The van der Waals surface area contributed by atoms with E-state index in [1.807, 2.05) is 6.92 Å². The lowest BCUT2D eigenvalue weighted by Gasteiger charge is -1.81. The van der Waals surface area contributed by atoms with Crippen LogP contribution >= 0.6 is 0 Å². The molecule has 0 unspecified atom stereocenters. The van der Waals surface area contributed by atoms with E-state index in [1.165, 1.54) is 0 Å². The van der Waals surface area contributed by atoms with Gasteiger partial charge in [-0.3, -0.25) is 0 Å². The Hall–Kier alpha value is -0.920. The topological polar surface area (TPSA) is 36.0 Å². The molecule has 1 aromatic rings. The SMILES string of the molecule is Cc1[nH]ccc1O. The second kappa shape index (κ2) is 1.30. The number of nitrogens with one attached hydrogen (secondary N) is 1. The molecule has 2 N–H and O–H groups in total. The van der Waals surface area contributed by atoms with Crippen molar-refractivity contribution in [2.24, 2.45) is 0 Å². The molecular weight excluding hydrogens is 90.1 g/mol. The van der Waals surface area contributed by atoms with Gasteiger partial charge in [0, 0.05) is 6.20 Å². The van der Waals surface area contributed by atoms with E-state index in [1.54, 1.807) is 12.3 Å². The molecule has 2 heteroatoms. The Morgan fingerprint density at radius 3 is 2.57 bits per heavy atom. The first-order chi connectivity index (χ1) is 3.30. The third-order valence-electron chi connectivity index (χ3n) is 0.925. The van der Waals surface area contributed by atoms with Crippen molar-refractivity contribution in [1.82, 2.24) is 4.98 Å². The summed E-state index contributed by atoms with van der Waals surface area (Å²) in [7, 11) is 0. The first-order valence-corrected chi connectivity index (χ1v) is 2.13. The summed E-state index contributed by atoms with van der Waals surface area (Å²) < 4.78 is 0. The van der Waals surface area contributed by atoms with Gasteiger partial charge < -0.3 is 10.1 Å². The maximum absolute atomic E-state index is 8.73. The smallest absolute Gasteiger partial charge is 0.135 e. The molecule has 1 heterocycles. The molecule has 0 bridgehead atoms. The van der Waals surface area contributed by atoms with Crippen LogP contribution in [0.15, 0.2) is 12.3 Å². The van der Waals surface area contributed by atoms with Crippen LogP contribution < -0.4 is 0 Å². The van der Waals surface area contributed by atoms with Crippen LogP contribution in [0.5, 0.6) is 5.75 Å². The highest BCUT2D eigenvalue weighted by Crippen LogP contribution is 2.10. The summed E-state index contributed by atoms with van der Waals surface area (Å²) in [4.78, 5) is 2.82. The second-order valence-corrected chi connectivity index (χ2v) is 1.49. The average molecular weight is 97.1 g/mol. The van der Waals surface area contributed by atoms with Gasteiger partial charge in [0.1, 0.15) is 5.75 Å². The predicted molar refractivity (Wildman–Crippen MR) is 27.2 cm³/mol. The fraction of sp³-hybridized carbons (Fsp3) is 0.200. The van der Waals surface area contributed by atoms with E-state index in [0.717, 1.165) is 5.69 Å². The lowest BCUT2D eigenvalue weighted by Crippen LogP contribution is -1.64. The number of aromatic amines is 1. The average Bonchev–Trinajstić information content (AvgIpc) is 1.91. The van der Waals surface area contributed by atoms with E-state index in [4.69, 9.17) is 5.11 Å². The van der Waals surface area contributed by atoms with Crippen molar-refractivity contribution in [2.75, 3.05) is 0 Å². The van der Waals surface area contributed by atoms with Gasteiger partial charge in [-0.15, -0.1) is 0 Å². The lowest BCUT2D eigenvalue weighted by atomic mass is 10.4. The van der Waals surface area contributed by atoms with E-state index in [-0.39, 0.29) is 0 Å². The highest BCUT2D eigenvalue weighted by molar-refractivity contribution is 5.23. The Kier molecular flexibility index (Phi) is 0.785. The summed E-state index contributed by atoms with van der Waals surface area (Å²) in [5.74, 6) is 0.333. The zero-order chi connectivity index (χ0) is 5.28. The Labute approximate surface area is 41.8 Å². The number of hydrogen-bond acceptors (Lipinski definition) is 1. The van der Waals surface area contributed by atoms with Crippen LogP contribution in [0.25, 0.3) is 0 Å². The molecule has 2 nitrogen and oxygen atoms in total. The van der Waals surface area contributed by atoms with Crippen LogP contribution in [0.1, 0.15) is 5.69 Å². The van der Waals surface area contributed by atoms with Gasteiger partial charge in [0.2, 0.25) is 0 Å². The zero-order valence-electron chi connectivity index (χ0n) is 4.10. The fourth-order valence-corrected chi connectivity index (χ4v) is 0.445. The Balaban J connectivity index is 3.12. The summed E-state index contributed by atoms with van der Waals surface area (Å²) in [6.45, 7) is 1.81. The maximum atomic E-state index is 8.73. The molecule has 1 aromatic heterocycles. The molecule has 38 valence electrons. The molecule has 1 rings (SSSR count). The normalized spacial score (nSPS) is 9.29.